The molecule has 0 fully saturated rings. The lowest BCUT2D eigenvalue weighted by atomic mass is 10.1. The fourth-order valence-electron chi connectivity index (χ4n) is 1.46. The molecule has 0 heterocycles. The van der Waals surface area contributed by atoms with Gasteiger partial charge >= 0.3 is 0 Å². The number of nitriles is 1. The van der Waals surface area contributed by atoms with Crippen molar-refractivity contribution < 1.29 is 4.39 Å². The molecule has 0 N–H and O–H groups in total. The second kappa shape index (κ2) is 5.35. The van der Waals surface area contributed by atoms with Gasteiger partial charge in [-0.3, -0.25) is 0 Å². The van der Waals surface area contributed by atoms with E-state index in [-0.39, 0.29) is 5.56 Å². The fourth-order valence-corrected chi connectivity index (χ4v) is 1.46. The zero-order valence-corrected chi connectivity index (χ0v) is 9.13. The van der Waals surface area contributed by atoms with Crippen LogP contribution in [0, 0.1) is 17.1 Å². The molecule has 0 spiro atoms. The molecule has 0 amide bonds. The van der Waals surface area contributed by atoms with Crippen molar-refractivity contribution in [2.45, 2.75) is 19.8 Å². The number of halogens is 1. The third-order valence-corrected chi connectivity index (χ3v) is 2.36. The first-order valence-corrected chi connectivity index (χ1v) is 5.10. The molecule has 1 aromatic rings. The number of rotatable bonds is 4. The van der Waals surface area contributed by atoms with Crippen LogP contribution in [-0.4, -0.2) is 13.6 Å². The van der Waals surface area contributed by atoms with Crippen LogP contribution in [0.4, 0.5) is 10.1 Å². The summed E-state index contributed by atoms with van der Waals surface area (Å²) in [6.07, 6.45) is 2.12. The van der Waals surface area contributed by atoms with Gasteiger partial charge < -0.3 is 4.90 Å². The Bertz CT molecular complexity index is 368. The first-order chi connectivity index (χ1) is 7.20. The maximum atomic E-state index is 13.3. The maximum Gasteiger partial charge on any atom is 0.143 e. The topological polar surface area (TPSA) is 27.0 Å². The molecule has 0 aliphatic carbocycles. The first kappa shape index (κ1) is 11.5. The van der Waals surface area contributed by atoms with E-state index in [1.165, 1.54) is 6.07 Å². The van der Waals surface area contributed by atoms with Crippen molar-refractivity contribution in [2.75, 3.05) is 18.5 Å². The van der Waals surface area contributed by atoms with Gasteiger partial charge in [0.1, 0.15) is 17.4 Å². The van der Waals surface area contributed by atoms with Gasteiger partial charge in [-0.05, 0) is 18.6 Å². The van der Waals surface area contributed by atoms with E-state index in [1.807, 2.05) is 18.0 Å². The summed E-state index contributed by atoms with van der Waals surface area (Å²) in [5, 5.41) is 8.86. The summed E-state index contributed by atoms with van der Waals surface area (Å²) < 4.78 is 13.3. The van der Waals surface area contributed by atoms with E-state index in [2.05, 4.69) is 6.92 Å². The quantitative estimate of drug-likeness (QED) is 0.757. The molecule has 0 saturated carbocycles. The minimum Gasteiger partial charge on any atom is -0.373 e. The van der Waals surface area contributed by atoms with Gasteiger partial charge in [-0.25, -0.2) is 4.39 Å². The largest absolute Gasteiger partial charge is 0.373 e. The van der Waals surface area contributed by atoms with Crippen molar-refractivity contribution >= 4 is 5.69 Å². The van der Waals surface area contributed by atoms with Gasteiger partial charge in [-0.1, -0.05) is 19.4 Å². The smallest absolute Gasteiger partial charge is 0.143 e. The highest BCUT2D eigenvalue weighted by Gasteiger charge is 2.10. The van der Waals surface area contributed by atoms with Gasteiger partial charge in [0.15, 0.2) is 0 Å². The minimum atomic E-state index is -0.446. The predicted octanol–water partition coefficient (Wildman–Crippen LogP) is 2.93. The molecule has 0 atom stereocenters. The molecule has 0 aliphatic heterocycles. The Morgan fingerprint density at radius 3 is 2.80 bits per heavy atom. The van der Waals surface area contributed by atoms with Crippen molar-refractivity contribution in [1.82, 2.24) is 0 Å². The van der Waals surface area contributed by atoms with Gasteiger partial charge in [0.05, 0.1) is 5.69 Å². The van der Waals surface area contributed by atoms with Crippen molar-refractivity contribution in [3.63, 3.8) is 0 Å². The van der Waals surface area contributed by atoms with E-state index in [0.29, 0.717) is 5.69 Å². The minimum absolute atomic E-state index is 0.135. The van der Waals surface area contributed by atoms with Crippen molar-refractivity contribution in [3.8, 4) is 6.07 Å². The van der Waals surface area contributed by atoms with Crippen LogP contribution in [0.2, 0.25) is 0 Å². The summed E-state index contributed by atoms with van der Waals surface area (Å²) in [6, 6.07) is 6.63. The summed E-state index contributed by atoms with van der Waals surface area (Å²) in [7, 11) is 1.88. The Hall–Kier alpha value is -1.56. The lowest BCUT2D eigenvalue weighted by Gasteiger charge is -2.20. The van der Waals surface area contributed by atoms with Gasteiger partial charge in [0.2, 0.25) is 0 Å². The molecule has 2 nitrogen and oxygen atoms in total. The average Bonchev–Trinajstić information content (AvgIpc) is 2.25. The highest BCUT2D eigenvalue weighted by molar-refractivity contribution is 5.59. The van der Waals surface area contributed by atoms with Crippen LogP contribution in [0.5, 0.6) is 0 Å². The zero-order valence-electron chi connectivity index (χ0n) is 9.13. The lowest BCUT2D eigenvalue weighted by molar-refractivity contribution is 0.622. The zero-order chi connectivity index (χ0) is 11.3. The molecule has 0 radical (unpaired) electrons. The average molecular weight is 206 g/mol. The highest BCUT2D eigenvalue weighted by Crippen LogP contribution is 2.21. The Kier molecular flexibility index (Phi) is 4.11. The standard InChI is InChI=1S/C12H15FN2/c1-3-4-8-15(2)12-7-5-6-11(13)10(12)9-14/h5-7H,3-4,8H2,1-2H3. The second-order valence-electron chi connectivity index (χ2n) is 3.52. The van der Waals surface area contributed by atoms with E-state index >= 15 is 0 Å². The molecule has 0 aliphatic rings. The lowest BCUT2D eigenvalue weighted by Crippen LogP contribution is -2.19. The van der Waals surface area contributed by atoms with Crippen molar-refractivity contribution in [1.29, 1.82) is 5.26 Å². The van der Waals surface area contributed by atoms with Crippen LogP contribution >= 0.6 is 0 Å². The van der Waals surface area contributed by atoms with E-state index in [0.717, 1.165) is 19.4 Å². The number of nitrogens with zero attached hydrogens (tertiary/aromatic N) is 2. The van der Waals surface area contributed by atoms with Gasteiger partial charge in [0, 0.05) is 13.6 Å². The number of benzene rings is 1. The monoisotopic (exact) mass is 206 g/mol. The number of hydrogen-bond donors (Lipinski definition) is 0. The van der Waals surface area contributed by atoms with Crippen molar-refractivity contribution in [2.24, 2.45) is 0 Å². The van der Waals surface area contributed by atoms with Crippen LogP contribution < -0.4 is 4.90 Å². The van der Waals surface area contributed by atoms with Crippen LogP contribution in [0.3, 0.4) is 0 Å². The molecule has 0 saturated heterocycles. The SMILES string of the molecule is CCCCN(C)c1cccc(F)c1C#N. The van der Waals surface area contributed by atoms with E-state index in [4.69, 9.17) is 5.26 Å². The van der Waals surface area contributed by atoms with Gasteiger partial charge in [0.25, 0.3) is 0 Å². The summed E-state index contributed by atoms with van der Waals surface area (Å²) in [6.45, 7) is 2.94. The number of unbranched alkanes of at least 4 members (excludes halogenated alkanes) is 1. The first-order valence-electron chi connectivity index (χ1n) is 5.10. The number of hydrogen-bond acceptors (Lipinski definition) is 2. The molecule has 0 bridgehead atoms. The van der Waals surface area contributed by atoms with Crippen LogP contribution in [0.25, 0.3) is 0 Å². The Morgan fingerprint density at radius 1 is 1.47 bits per heavy atom. The second-order valence-corrected chi connectivity index (χ2v) is 3.52. The van der Waals surface area contributed by atoms with Gasteiger partial charge in [-0.15, -0.1) is 0 Å². The van der Waals surface area contributed by atoms with E-state index < -0.39 is 5.82 Å². The Balaban J connectivity index is 2.93. The summed E-state index contributed by atoms with van der Waals surface area (Å²) in [4.78, 5) is 1.92. The molecule has 0 aromatic heterocycles. The van der Waals surface area contributed by atoms with Crippen molar-refractivity contribution in [3.05, 3.63) is 29.6 Å². The van der Waals surface area contributed by atoms with Crippen LogP contribution in [0.15, 0.2) is 18.2 Å². The Labute approximate surface area is 89.9 Å². The molecule has 1 rings (SSSR count). The third kappa shape index (κ3) is 2.69. The highest BCUT2D eigenvalue weighted by atomic mass is 19.1. The molecular weight excluding hydrogens is 191 g/mol. The normalized spacial score (nSPS) is 9.73. The summed E-state index contributed by atoms with van der Waals surface area (Å²) in [5.74, 6) is -0.446. The molecule has 15 heavy (non-hydrogen) atoms. The van der Waals surface area contributed by atoms with E-state index in [1.54, 1.807) is 12.1 Å². The summed E-state index contributed by atoms with van der Waals surface area (Å²) in [5.41, 5.74) is 0.807. The predicted molar refractivity (Wildman–Crippen MR) is 59.3 cm³/mol. The molecule has 1 aromatic carbocycles. The van der Waals surface area contributed by atoms with Crippen LogP contribution in [0.1, 0.15) is 25.3 Å². The van der Waals surface area contributed by atoms with Crippen LogP contribution in [-0.2, 0) is 0 Å². The molecule has 80 valence electrons. The number of anilines is 1. The fraction of sp³-hybridized carbons (Fsp3) is 0.417. The van der Waals surface area contributed by atoms with E-state index in [9.17, 15) is 4.39 Å². The van der Waals surface area contributed by atoms with Gasteiger partial charge in [-0.2, -0.15) is 5.26 Å². The maximum absolute atomic E-state index is 13.3. The third-order valence-electron chi connectivity index (χ3n) is 2.36. The Morgan fingerprint density at radius 2 is 2.20 bits per heavy atom. The summed E-state index contributed by atoms with van der Waals surface area (Å²) >= 11 is 0. The molecule has 0 unspecified atom stereocenters. The molecular formula is C12H15FN2. The molecule has 3 heteroatoms.